The Hall–Kier alpha value is -1.37. The first kappa shape index (κ1) is 16.0. The summed E-state index contributed by atoms with van der Waals surface area (Å²) in [5.41, 5.74) is 2.63. The van der Waals surface area contributed by atoms with Crippen LogP contribution in [-0.4, -0.2) is 28.7 Å². The highest BCUT2D eigenvalue weighted by Crippen LogP contribution is 2.16. The van der Waals surface area contributed by atoms with Crippen molar-refractivity contribution in [2.75, 3.05) is 6.54 Å². The number of nitrogens with one attached hydrogen (secondary N) is 3. The van der Waals surface area contributed by atoms with Gasteiger partial charge in [0, 0.05) is 48.1 Å². The molecule has 2 aromatic heterocycles. The van der Waals surface area contributed by atoms with Gasteiger partial charge in [-0.2, -0.15) is 5.10 Å². The standard InChI is InChI=1S/C14H18N4OS.ClH/c1-9(7-10-3-2-6-20-10)16-14(19)13-11-8-15-5-4-12(11)17-18-13;/h2-3,6,9,15H,4-5,7-8H2,1H3,(H,16,19)(H,17,18);1H. The lowest BCUT2D eigenvalue weighted by Gasteiger charge is -2.15. The third-order valence-electron chi connectivity index (χ3n) is 3.49. The number of nitrogens with zero attached hydrogens (tertiary/aromatic N) is 1. The van der Waals surface area contributed by atoms with Crippen LogP contribution >= 0.6 is 23.7 Å². The van der Waals surface area contributed by atoms with E-state index in [2.05, 4.69) is 32.3 Å². The molecule has 3 heterocycles. The van der Waals surface area contributed by atoms with Gasteiger partial charge in [0.05, 0.1) is 0 Å². The third-order valence-corrected chi connectivity index (χ3v) is 4.39. The normalized spacial score (nSPS) is 14.9. The molecule has 5 nitrogen and oxygen atoms in total. The van der Waals surface area contributed by atoms with Crippen molar-refractivity contribution in [3.8, 4) is 0 Å². The van der Waals surface area contributed by atoms with Crippen molar-refractivity contribution in [2.24, 2.45) is 0 Å². The van der Waals surface area contributed by atoms with Gasteiger partial charge >= 0.3 is 0 Å². The maximum Gasteiger partial charge on any atom is 0.272 e. The van der Waals surface area contributed by atoms with E-state index in [1.54, 1.807) is 11.3 Å². The van der Waals surface area contributed by atoms with E-state index in [4.69, 9.17) is 0 Å². The Morgan fingerprint density at radius 1 is 1.57 bits per heavy atom. The summed E-state index contributed by atoms with van der Waals surface area (Å²) < 4.78 is 0. The van der Waals surface area contributed by atoms with Gasteiger partial charge in [0.25, 0.3) is 5.91 Å². The molecule has 0 fully saturated rings. The third kappa shape index (κ3) is 3.64. The number of hydrogen-bond acceptors (Lipinski definition) is 4. The summed E-state index contributed by atoms with van der Waals surface area (Å²) in [4.78, 5) is 13.6. The zero-order valence-corrected chi connectivity index (χ0v) is 13.4. The summed E-state index contributed by atoms with van der Waals surface area (Å²) in [5, 5.41) is 15.5. The molecule has 0 spiro atoms. The Kier molecular flexibility index (Phi) is 5.39. The first-order valence-corrected chi connectivity index (χ1v) is 7.72. The highest BCUT2D eigenvalue weighted by molar-refractivity contribution is 7.09. The van der Waals surface area contributed by atoms with E-state index in [0.717, 1.165) is 30.6 Å². The molecule has 1 amide bonds. The van der Waals surface area contributed by atoms with E-state index in [1.165, 1.54) is 4.88 Å². The van der Waals surface area contributed by atoms with E-state index in [1.807, 2.05) is 13.0 Å². The minimum Gasteiger partial charge on any atom is -0.348 e. The van der Waals surface area contributed by atoms with Gasteiger partial charge in [0.2, 0.25) is 0 Å². The molecule has 114 valence electrons. The molecule has 3 rings (SSSR count). The molecule has 1 unspecified atom stereocenters. The van der Waals surface area contributed by atoms with Crippen molar-refractivity contribution in [3.05, 3.63) is 39.3 Å². The molecule has 0 radical (unpaired) electrons. The molecule has 0 bridgehead atoms. The van der Waals surface area contributed by atoms with Crippen LogP contribution in [0, 0.1) is 0 Å². The average molecular weight is 327 g/mol. The molecular weight excluding hydrogens is 308 g/mol. The van der Waals surface area contributed by atoms with Crippen LogP contribution in [0.15, 0.2) is 17.5 Å². The average Bonchev–Trinajstić information content (AvgIpc) is 3.07. The van der Waals surface area contributed by atoms with Crippen molar-refractivity contribution in [1.82, 2.24) is 20.8 Å². The van der Waals surface area contributed by atoms with Gasteiger partial charge in [0.15, 0.2) is 5.69 Å². The Morgan fingerprint density at radius 3 is 3.19 bits per heavy atom. The lowest BCUT2D eigenvalue weighted by atomic mass is 10.1. The molecule has 1 aliphatic heterocycles. The second-order valence-corrected chi connectivity index (χ2v) is 6.15. The fourth-order valence-electron chi connectivity index (χ4n) is 2.49. The number of fused-ring (bicyclic) bond motifs is 1. The van der Waals surface area contributed by atoms with Crippen molar-refractivity contribution in [1.29, 1.82) is 0 Å². The van der Waals surface area contributed by atoms with Crippen LogP contribution < -0.4 is 10.6 Å². The van der Waals surface area contributed by atoms with E-state index < -0.39 is 0 Å². The van der Waals surface area contributed by atoms with E-state index in [-0.39, 0.29) is 24.4 Å². The Balaban J connectivity index is 0.00000161. The number of aromatic amines is 1. The van der Waals surface area contributed by atoms with Gasteiger partial charge in [-0.05, 0) is 18.4 Å². The van der Waals surface area contributed by atoms with Crippen LogP contribution in [0.5, 0.6) is 0 Å². The fourth-order valence-corrected chi connectivity index (χ4v) is 3.32. The van der Waals surface area contributed by atoms with Crippen LogP contribution in [0.25, 0.3) is 0 Å². The second kappa shape index (κ2) is 7.06. The number of hydrogen-bond donors (Lipinski definition) is 3. The minimum absolute atomic E-state index is 0. The number of H-pyrrole nitrogens is 1. The van der Waals surface area contributed by atoms with Crippen LogP contribution in [-0.2, 0) is 19.4 Å². The molecule has 1 atom stereocenters. The van der Waals surface area contributed by atoms with Gasteiger partial charge in [0.1, 0.15) is 0 Å². The summed E-state index contributed by atoms with van der Waals surface area (Å²) in [6.07, 6.45) is 1.76. The first-order valence-electron chi connectivity index (χ1n) is 6.84. The monoisotopic (exact) mass is 326 g/mol. The predicted molar refractivity (Wildman–Crippen MR) is 86.2 cm³/mol. The van der Waals surface area contributed by atoms with Crippen molar-refractivity contribution >= 4 is 29.7 Å². The molecule has 0 aliphatic carbocycles. The minimum atomic E-state index is -0.0877. The first-order chi connectivity index (χ1) is 9.74. The lowest BCUT2D eigenvalue weighted by molar-refractivity contribution is 0.0934. The predicted octanol–water partition coefficient (Wildman–Crippen LogP) is 1.90. The molecule has 7 heteroatoms. The zero-order valence-electron chi connectivity index (χ0n) is 11.8. The summed E-state index contributed by atoms with van der Waals surface area (Å²) >= 11 is 1.72. The molecule has 0 aromatic carbocycles. The van der Waals surface area contributed by atoms with Crippen LogP contribution in [0.4, 0.5) is 0 Å². The van der Waals surface area contributed by atoms with Gasteiger partial charge in [-0.1, -0.05) is 6.07 Å². The highest BCUT2D eigenvalue weighted by atomic mass is 35.5. The largest absolute Gasteiger partial charge is 0.348 e. The maximum atomic E-state index is 12.3. The molecular formula is C14H19ClN4OS. The summed E-state index contributed by atoms with van der Waals surface area (Å²) in [6.45, 7) is 3.67. The number of aromatic nitrogens is 2. The number of carbonyl (C=O) groups excluding carboxylic acids is 1. The molecule has 0 saturated heterocycles. The number of rotatable bonds is 4. The summed E-state index contributed by atoms with van der Waals surface area (Å²) in [6, 6.07) is 4.22. The van der Waals surface area contributed by atoms with Gasteiger partial charge in [-0.15, -0.1) is 23.7 Å². The van der Waals surface area contributed by atoms with Crippen LogP contribution in [0.2, 0.25) is 0 Å². The Bertz CT molecular complexity index is 596. The molecule has 2 aromatic rings. The topological polar surface area (TPSA) is 69.8 Å². The Morgan fingerprint density at radius 2 is 2.43 bits per heavy atom. The zero-order chi connectivity index (χ0) is 13.9. The van der Waals surface area contributed by atoms with Crippen LogP contribution in [0.3, 0.4) is 0 Å². The van der Waals surface area contributed by atoms with Gasteiger partial charge in [-0.3, -0.25) is 9.89 Å². The second-order valence-electron chi connectivity index (χ2n) is 5.11. The smallest absolute Gasteiger partial charge is 0.272 e. The Labute approximate surface area is 133 Å². The molecule has 21 heavy (non-hydrogen) atoms. The quantitative estimate of drug-likeness (QED) is 0.803. The fraction of sp³-hybridized carbons (Fsp3) is 0.429. The number of amides is 1. The lowest BCUT2D eigenvalue weighted by Crippen LogP contribution is -2.35. The maximum absolute atomic E-state index is 12.3. The van der Waals surface area contributed by atoms with E-state index in [0.29, 0.717) is 12.2 Å². The molecule has 0 saturated carbocycles. The number of halogens is 1. The summed E-state index contributed by atoms with van der Waals surface area (Å²) in [7, 11) is 0. The van der Waals surface area contributed by atoms with E-state index >= 15 is 0 Å². The SMILES string of the molecule is CC(Cc1cccs1)NC(=O)c1n[nH]c2c1CNCC2.Cl. The highest BCUT2D eigenvalue weighted by Gasteiger charge is 2.22. The van der Waals surface area contributed by atoms with Crippen molar-refractivity contribution in [2.45, 2.75) is 32.4 Å². The summed E-state index contributed by atoms with van der Waals surface area (Å²) in [5.74, 6) is -0.0877. The molecule has 3 N–H and O–H groups in total. The van der Waals surface area contributed by atoms with Gasteiger partial charge in [-0.25, -0.2) is 0 Å². The molecule has 1 aliphatic rings. The van der Waals surface area contributed by atoms with Crippen molar-refractivity contribution in [3.63, 3.8) is 0 Å². The van der Waals surface area contributed by atoms with E-state index in [9.17, 15) is 4.79 Å². The number of thiophene rings is 1. The van der Waals surface area contributed by atoms with Gasteiger partial charge < -0.3 is 10.6 Å². The number of carbonyl (C=O) groups is 1. The van der Waals surface area contributed by atoms with Crippen LogP contribution in [0.1, 0.15) is 33.5 Å². The van der Waals surface area contributed by atoms with Crippen molar-refractivity contribution < 1.29 is 4.79 Å².